The summed E-state index contributed by atoms with van der Waals surface area (Å²) < 4.78 is 2.52. The second-order valence-electron chi connectivity index (χ2n) is 3.97. The van der Waals surface area contributed by atoms with Crippen molar-refractivity contribution >= 4 is 21.6 Å². The predicted octanol–water partition coefficient (Wildman–Crippen LogP) is 2.43. The second kappa shape index (κ2) is 5.82. The number of rotatable bonds is 4. The molecule has 1 aromatic heterocycles. The standard InChI is InChI=1S/C13H14BrN3O/c1-10-2-7-13(18)17(16-10)9-8-15-12-5-3-11(14)4-6-12/h2-7,15H,8-9H2,1H3. The molecular weight excluding hydrogens is 294 g/mol. The van der Waals surface area contributed by atoms with Crippen LogP contribution in [0.5, 0.6) is 0 Å². The van der Waals surface area contributed by atoms with Gasteiger partial charge < -0.3 is 5.32 Å². The third kappa shape index (κ3) is 3.43. The number of aromatic nitrogens is 2. The van der Waals surface area contributed by atoms with Crippen LogP contribution in [-0.4, -0.2) is 16.3 Å². The molecule has 18 heavy (non-hydrogen) atoms. The maximum absolute atomic E-state index is 11.5. The van der Waals surface area contributed by atoms with Crippen molar-refractivity contribution in [3.05, 3.63) is 56.9 Å². The molecule has 94 valence electrons. The van der Waals surface area contributed by atoms with Gasteiger partial charge in [-0.05, 0) is 37.3 Å². The van der Waals surface area contributed by atoms with Gasteiger partial charge in [0.25, 0.3) is 5.56 Å². The van der Waals surface area contributed by atoms with Crippen LogP contribution in [0.3, 0.4) is 0 Å². The van der Waals surface area contributed by atoms with Crippen molar-refractivity contribution in [3.8, 4) is 0 Å². The highest BCUT2D eigenvalue weighted by Gasteiger charge is 1.97. The van der Waals surface area contributed by atoms with Crippen LogP contribution in [0.25, 0.3) is 0 Å². The first kappa shape index (κ1) is 12.8. The van der Waals surface area contributed by atoms with Crippen molar-refractivity contribution in [1.29, 1.82) is 0 Å². The normalized spacial score (nSPS) is 10.3. The Morgan fingerprint density at radius 3 is 2.67 bits per heavy atom. The van der Waals surface area contributed by atoms with Gasteiger partial charge in [0.15, 0.2) is 0 Å². The van der Waals surface area contributed by atoms with Gasteiger partial charge >= 0.3 is 0 Å². The molecule has 0 aliphatic rings. The van der Waals surface area contributed by atoms with Gasteiger partial charge in [0.05, 0.1) is 12.2 Å². The molecule has 2 aromatic rings. The van der Waals surface area contributed by atoms with Gasteiger partial charge in [-0.25, -0.2) is 4.68 Å². The van der Waals surface area contributed by atoms with Gasteiger partial charge in [0.2, 0.25) is 0 Å². The zero-order valence-electron chi connectivity index (χ0n) is 10.1. The Balaban J connectivity index is 1.94. The van der Waals surface area contributed by atoms with Crippen molar-refractivity contribution in [2.24, 2.45) is 0 Å². The fourth-order valence-electron chi connectivity index (χ4n) is 1.59. The van der Waals surface area contributed by atoms with E-state index < -0.39 is 0 Å². The van der Waals surface area contributed by atoms with Crippen molar-refractivity contribution in [1.82, 2.24) is 9.78 Å². The lowest BCUT2D eigenvalue weighted by Gasteiger charge is -2.08. The maximum Gasteiger partial charge on any atom is 0.266 e. The molecule has 0 saturated heterocycles. The molecule has 0 fully saturated rings. The van der Waals surface area contributed by atoms with Gasteiger partial charge in [-0.15, -0.1) is 0 Å². The Bertz CT molecular complexity index is 578. The molecule has 1 heterocycles. The zero-order chi connectivity index (χ0) is 13.0. The molecule has 0 aliphatic heterocycles. The first-order chi connectivity index (χ1) is 8.65. The fourth-order valence-corrected chi connectivity index (χ4v) is 1.85. The topological polar surface area (TPSA) is 46.9 Å². The zero-order valence-corrected chi connectivity index (χ0v) is 11.6. The highest BCUT2D eigenvalue weighted by molar-refractivity contribution is 9.10. The molecule has 2 rings (SSSR count). The minimum Gasteiger partial charge on any atom is -0.383 e. The molecule has 0 unspecified atom stereocenters. The van der Waals surface area contributed by atoms with Crippen LogP contribution < -0.4 is 10.9 Å². The van der Waals surface area contributed by atoms with E-state index in [0.29, 0.717) is 13.1 Å². The Kier molecular flexibility index (Phi) is 4.15. The largest absolute Gasteiger partial charge is 0.383 e. The number of hydrogen-bond acceptors (Lipinski definition) is 3. The predicted molar refractivity (Wildman–Crippen MR) is 75.9 cm³/mol. The maximum atomic E-state index is 11.5. The molecule has 1 N–H and O–H groups in total. The summed E-state index contributed by atoms with van der Waals surface area (Å²) in [6, 6.07) is 11.2. The highest BCUT2D eigenvalue weighted by atomic mass is 79.9. The van der Waals surface area contributed by atoms with Gasteiger partial charge in [-0.1, -0.05) is 15.9 Å². The van der Waals surface area contributed by atoms with E-state index in [1.54, 1.807) is 12.1 Å². The van der Waals surface area contributed by atoms with E-state index in [9.17, 15) is 4.79 Å². The SMILES string of the molecule is Cc1ccc(=O)n(CCNc2ccc(Br)cc2)n1. The van der Waals surface area contributed by atoms with E-state index in [2.05, 4.69) is 26.3 Å². The summed E-state index contributed by atoms with van der Waals surface area (Å²) in [5.74, 6) is 0. The van der Waals surface area contributed by atoms with Crippen LogP contribution in [0.1, 0.15) is 5.69 Å². The quantitative estimate of drug-likeness (QED) is 0.943. The molecule has 4 nitrogen and oxygen atoms in total. The van der Waals surface area contributed by atoms with E-state index >= 15 is 0 Å². The number of halogens is 1. The highest BCUT2D eigenvalue weighted by Crippen LogP contribution is 2.13. The van der Waals surface area contributed by atoms with Gasteiger partial charge in [-0.3, -0.25) is 4.79 Å². The summed E-state index contributed by atoms with van der Waals surface area (Å²) in [5.41, 5.74) is 1.80. The van der Waals surface area contributed by atoms with Crippen molar-refractivity contribution in [2.45, 2.75) is 13.5 Å². The van der Waals surface area contributed by atoms with Crippen molar-refractivity contribution < 1.29 is 0 Å². The van der Waals surface area contributed by atoms with Crippen LogP contribution in [-0.2, 0) is 6.54 Å². The monoisotopic (exact) mass is 307 g/mol. The van der Waals surface area contributed by atoms with E-state index in [4.69, 9.17) is 0 Å². The average molecular weight is 308 g/mol. The third-order valence-electron chi connectivity index (χ3n) is 2.50. The smallest absolute Gasteiger partial charge is 0.266 e. The number of benzene rings is 1. The molecule has 0 amide bonds. The van der Waals surface area contributed by atoms with Crippen LogP contribution in [0, 0.1) is 6.92 Å². The van der Waals surface area contributed by atoms with Crippen LogP contribution in [0.15, 0.2) is 45.7 Å². The summed E-state index contributed by atoms with van der Waals surface area (Å²) in [5, 5.41) is 7.42. The van der Waals surface area contributed by atoms with Crippen molar-refractivity contribution in [3.63, 3.8) is 0 Å². The molecule has 0 bridgehead atoms. The molecule has 0 spiro atoms. The summed E-state index contributed by atoms with van der Waals surface area (Å²) in [7, 11) is 0. The Labute approximate surface area is 114 Å². The Morgan fingerprint density at radius 1 is 1.22 bits per heavy atom. The van der Waals surface area contributed by atoms with Crippen LogP contribution in [0.4, 0.5) is 5.69 Å². The number of nitrogens with one attached hydrogen (secondary N) is 1. The fraction of sp³-hybridized carbons (Fsp3) is 0.231. The Morgan fingerprint density at radius 2 is 1.94 bits per heavy atom. The first-order valence-corrected chi connectivity index (χ1v) is 6.49. The molecule has 5 heteroatoms. The van der Waals surface area contributed by atoms with E-state index in [0.717, 1.165) is 15.9 Å². The lowest BCUT2D eigenvalue weighted by molar-refractivity contribution is 0.589. The van der Waals surface area contributed by atoms with Crippen molar-refractivity contribution in [2.75, 3.05) is 11.9 Å². The average Bonchev–Trinajstić information content (AvgIpc) is 2.36. The van der Waals surface area contributed by atoms with Crippen LogP contribution in [0.2, 0.25) is 0 Å². The first-order valence-electron chi connectivity index (χ1n) is 5.69. The van der Waals surface area contributed by atoms with E-state index in [1.165, 1.54) is 4.68 Å². The van der Waals surface area contributed by atoms with Gasteiger partial charge in [0, 0.05) is 22.8 Å². The summed E-state index contributed by atoms with van der Waals surface area (Å²) in [6.07, 6.45) is 0. The molecule has 0 atom stereocenters. The summed E-state index contributed by atoms with van der Waals surface area (Å²) in [6.45, 7) is 3.09. The Hall–Kier alpha value is -1.62. The van der Waals surface area contributed by atoms with Gasteiger partial charge in [-0.2, -0.15) is 5.10 Å². The second-order valence-corrected chi connectivity index (χ2v) is 4.89. The van der Waals surface area contributed by atoms with Gasteiger partial charge in [0.1, 0.15) is 0 Å². The van der Waals surface area contributed by atoms with E-state index in [1.807, 2.05) is 31.2 Å². The minimum absolute atomic E-state index is 0.0711. The molecule has 0 aliphatic carbocycles. The molecular formula is C13H14BrN3O. The molecule has 0 radical (unpaired) electrons. The van der Waals surface area contributed by atoms with Crippen LogP contribution >= 0.6 is 15.9 Å². The number of nitrogens with zero attached hydrogens (tertiary/aromatic N) is 2. The number of anilines is 1. The lowest BCUT2D eigenvalue weighted by Crippen LogP contribution is -2.25. The summed E-state index contributed by atoms with van der Waals surface area (Å²) >= 11 is 3.38. The van der Waals surface area contributed by atoms with E-state index in [-0.39, 0.29) is 5.56 Å². The third-order valence-corrected chi connectivity index (χ3v) is 3.03. The summed E-state index contributed by atoms with van der Waals surface area (Å²) in [4.78, 5) is 11.5. The molecule has 0 saturated carbocycles. The minimum atomic E-state index is -0.0711. The number of aryl methyl sites for hydroxylation is 1. The number of hydrogen-bond donors (Lipinski definition) is 1. The lowest BCUT2D eigenvalue weighted by atomic mass is 10.3. The molecule has 1 aromatic carbocycles.